The van der Waals surface area contributed by atoms with Crippen LogP contribution in [-0.2, 0) is 4.74 Å². The third-order valence-electron chi connectivity index (χ3n) is 7.34. The van der Waals surface area contributed by atoms with E-state index < -0.39 is 0 Å². The van der Waals surface area contributed by atoms with Gasteiger partial charge in [-0.1, -0.05) is 37.3 Å². The number of aromatic nitrogens is 1. The van der Waals surface area contributed by atoms with Crippen molar-refractivity contribution < 1.29 is 9.13 Å². The number of allylic oxidation sites excluding steroid dienone is 2. The van der Waals surface area contributed by atoms with Crippen LogP contribution in [0.1, 0.15) is 38.2 Å². The molecule has 0 amide bonds. The number of rotatable bonds is 7. The predicted octanol–water partition coefficient (Wildman–Crippen LogP) is 5.51. The maximum Gasteiger partial charge on any atom is 0.147 e. The van der Waals surface area contributed by atoms with Crippen LogP contribution in [-0.4, -0.2) is 78.6 Å². The summed E-state index contributed by atoms with van der Waals surface area (Å²) in [5.74, 6) is 1.33. The first kappa shape index (κ1) is 25.5. The predicted molar refractivity (Wildman–Crippen MR) is 139 cm³/mol. The molecule has 3 heterocycles. The van der Waals surface area contributed by atoms with Gasteiger partial charge in [-0.05, 0) is 44.0 Å². The van der Waals surface area contributed by atoms with E-state index in [1.807, 2.05) is 18.2 Å². The molecule has 8 heteroatoms. The zero-order chi connectivity index (χ0) is 24.2. The maximum absolute atomic E-state index is 14.3. The summed E-state index contributed by atoms with van der Waals surface area (Å²) in [5, 5.41) is 0.415. The van der Waals surface area contributed by atoms with Crippen LogP contribution in [0.3, 0.4) is 0 Å². The maximum atomic E-state index is 14.3. The van der Waals surface area contributed by atoms with Gasteiger partial charge in [0.15, 0.2) is 0 Å². The van der Waals surface area contributed by atoms with E-state index in [0.717, 1.165) is 68.9 Å². The first-order valence-electron chi connectivity index (χ1n) is 12.2. The first-order chi connectivity index (χ1) is 16.4. The zero-order valence-corrected chi connectivity index (χ0v) is 21.7. The largest absolute Gasteiger partial charge is 0.497 e. The Morgan fingerprint density at radius 2 is 2.03 bits per heavy atom. The number of hydrogen-bond donors (Lipinski definition) is 0. The van der Waals surface area contributed by atoms with Gasteiger partial charge in [0.2, 0.25) is 0 Å². The summed E-state index contributed by atoms with van der Waals surface area (Å²) in [7, 11) is 1.60. The highest BCUT2D eigenvalue weighted by molar-refractivity contribution is 6.33. The van der Waals surface area contributed by atoms with E-state index in [9.17, 15) is 4.39 Å². The van der Waals surface area contributed by atoms with Gasteiger partial charge in [-0.25, -0.2) is 9.37 Å². The summed E-state index contributed by atoms with van der Waals surface area (Å²) in [6, 6.07) is 2.90. The molecule has 1 aromatic heterocycles. The Morgan fingerprint density at radius 3 is 2.68 bits per heavy atom. The number of halogens is 3. The molecule has 0 spiro atoms. The Labute approximate surface area is 212 Å². The molecule has 2 saturated heterocycles. The molecule has 4 rings (SSSR count). The minimum atomic E-state index is -0.216. The van der Waals surface area contributed by atoms with Crippen molar-refractivity contribution in [2.75, 3.05) is 51.3 Å². The molecule has 2 aliphatic heterocycles. The Balaban J connectivity index is 1.33. The lowest BCUT2D eigenvalue weighted by atomic mass is 9.97. The normalized spacial score (nSPS) is 25.1. The Hall–Kier alpha value is -1.60. The third-order valence-corrected chi connectivity index (χ3v) is 7.92. The summed E-state index contributed by atoms with van der Waals surface area (Å²) < 4.78 is 19.5. The Morgan fingerprint density at radius 1 is 1.26 bits per heavy atom. The summed E-state index contributed by atoms with van der Waals surface area (Å²) in [6.07, 6.45) is 9.17. The first-order valence-corrected chi connectivity index (χ1v) is 13.0. The molecule has 2 fully saturated rings. The van der Waals surface area contributed by atoms with Gasteiger partial charge >= 0.3 is 0 Å². The topological polar surface area (TPSA) is 31.8 Å². The molecule has 0 radical (unpaired) electrons. The minimum absolute atomic E-state index is 0.0568. The van der Waals surface area contributed by atoms with E-state index in [-0.39, 0.29) is 11.2 Å². The number of pyridine rings is 1. The number of piperazine rings is 1. The average molecular weight is 509 g/mol. The molecular weight excluding hydrogens is 474 g/mol. The number of ether oxygens (including phenoxy) is 1. The van der Waals surface area contributed by atoms with Gasteiger partial charge in [0, 0.05) is 56.4 Å². The summed E-state index contributed by atoms with van der Waals surface area (Å²) in [6.45, 7) is 11.6. The van der Waals surface area contributed by atoms with Crippen molar-refractivity contribution in [2.24, 2.45) is 0 Å². The SMILES string of the molecule is C=C(OC)c1cnc(N2CCN(C3CCN(CC4=C(F)CC(Cl)C=C4)CC3)[C@@H](CC)C2)c(Cl)c1. The van der Waals surface area contributed by atoms with Gasteiger partial charge in [-0.3, -0.25) is 9.80 Å². The second kappa shape index (κ2) is 11.4. The molecule has 0 saturated carbocycles. The van der Waals surface area contributed by atoms with Gasteiger partial charge in [-0.2, -0.15) is 0 Å². The van der Waals surface area contributed by atoms with E-state index in [2.05, 4.69) is 33.2 Å². The molecule has 1 unspecified atom stereocenters. The molecule has 0 aromatic carbocycles. The van der Waals surface area contributed by atoms with Crippen LogP contribution >= 0.6 is 23.2 Å². The number of hydrogen-bond acceptors (Lipinski definition) is 5. The fourth-order valence-electron chi connectivity index (χ4n) is 5.31. The van der Waals surface area contributed by atoms with Gasteiger partial charge in [0.05, 0.1) is 17.5 Å². The number of nitrogens with zero attached hydrogens (tertiary/aromatic N) is 4. The molecule has 1 aromatic rings. The lowest BCUT2D eigenvalue weighted by Crippen LogP contribution is -2.58. The average Bonchev–Trinajstić information content (AvgIpc) is 2.85. The van der Waals surface area contributed by atoms with E-state index in [4.69, 9.17) is 27.9 Å². The van der Waals surface area contributed by atoms with Crippen LogP contribution in [0.25, 0.3) is 5.76 Å². The number of methoxy groups -OCH3 is 1. The molecule has 3 aliphatic rings. The third kappa shape index (κ3) is 5.78. The van der Waals surface area contributed by atoms with Gasteiger partial charge in [0.25, 0.3) is 0 Å². The van der Waals surface area contributed by atoms with Gasteiger partial charge in [-0.15, -0.1) is 11.6 Å². The molecule has 5 nitrogen and oxygen atoms in total. The highest BCUT2D eigenvalue weighted by Gasteiger charge is 2.34. The van der Waals surface area contributed by atoms with E-state index >= 15 is 0 Å². The van der Waals surface area contributed by atoms with Crippen molar-refractivity contribution in [1.82, 2.24) is 14.8 Å². The van der Waals surface area contributed by atoms with E-state index in [1.54, 1.807) is 13.3 Å². The summed E-state index contributed by atoms with van der Waals surface area (Å²) >= 11 is 12.6. The van der Waals surface area contributed by atoms with Gasteiger partial charge in [0.1, 0.15) is 17.4 Å². The molecule has 1 aliphatic carbocycles. The lowest BCUT2D eigenvalue weighted by molar-refractivity contribution is 0.0658. The van der Waals surface area contributed by atoms with Crippen LogP contribution in [0.4, 0.5) is 10.2 Å². The quantitative estimate of drug-likeness (QED) is 0.358. The van der Waals surface area contributed by atoms with Crippen molar-refractivity contribution in [3.8, 4) is 0 Å². The monoisotopic (exact) mass is 508 g/mol. The van der Waals surface area contributed by atoms with E-state index in [1.165, 1.54) is 0 Å². The number of anilines is 1. The summed E-state index contributed by atoms with van der Waals surface area (Å²) in [4.78, 5) is 12.0. The molecule has 0 N–H and O–H groups in total. The number of likely N-dealkylation sites (tertiary alicyclic amines) is 1. The number of alkyl halides is 1. The molecular formula is C26H35Cl2FN4O. The fourth-order valence-corrected chi connectivity index (χ4v) is 5.80. The van der Waals surface area contributed by atoms with Gasteiger partial charge < -0.3 is 9.64 Å². The highest BCUT2D eigenvalue weighted by atomic mass is 35.5. The summed E-state index contributed by atoms with van der Waals surface area (Å²) in [5.41, 5.74) is 1.59. The highest BCUT2D eigenvalue weighted by Crippen LogP contribution is 2.31. The zero-order valence-electron chi connectivity index (χ0n) is 20.2. The van der Waals surface area contributed by atoms with Crippen molar-refractivity contribution in [3.05, 3.63) is 53.0 Å². The second-order valence-electron chi connectivity index (χ2n) is 9.42. The van der Waals surface area contributed by atoms with Crippen molar-refractivity contribution in [1.29, 1.82) is 0 Å². The van der Waals surface area contributed by atoms with Crippen molar-refractivity contribution in [2.45, 2.75) is 50.1 Å². The Bertz CT molecular complexity index is 945. The van der Waals surface area contributed by atoms with E-state index in [0.29, 0.717) is 35.8 Å². The molecule has 34 heavy (non-hydrogen) atoms. The standard InChI is InChI=1S/C26H35Cl2FN4O/c1-4-22-17-32(26-24(28)13-20(15-30-26)18(2)34-3)11-12-33(22)23-7-9-31(10-8-23)16-19-5-6-21(27)14-25(19)29/h5-6,13,15,21-23H,2,4,7-12,14,16-17H2,1,3H3/t21?,22-/m0/s1. The molecule has 0 bridgehead atoms. The molecule has 186 valence electrons. The second-order valence-corrected chi connectivity index (χ2v) is 10.4. The number of piperidine rings is 1. The van der Waals surface area contributed by atoms with Crippen molar-refractivity contribution >= 4 is 34.8 Å². The van der Waals surface area contributed by atoms with Crippen LogP contribution < -0.4 is 4.90 Å². The lowest BCUT2D eigenvalue weighted by Gasteiger charge is -2.48. The molecule has 2 atom stereocenters. The minimum Gasteiger partial charge on any atom is -0.497 e. The van der Waals surface area contributed by atoms with Crippen molar-refractivity contribution in [3.63, 3.8) is 0 Å². The van der Waals surface area contributed by atoms with Crippen LogP contribution in [0.2, 0.25) is 5.02 Å². The van der Waals surface area contributed by atoms with Crippen LogP contribution in [0.5, 0.6) is 0 Å². The van der Waals surface area contributed by atoms with Crippen LogP contribution in [0, 0.1) is 0 Å². The fraction of sp³-hybridized carbons (Fsp3) is 0.577. The Kier molecular flexibility index (Phi) is 8.57. The smallest absolute Gasteiger partial charge is 0.147 e. The van der Waals surface area contributed by atoms with Crippen LogP contribution in [0.15, 0.2) is 42.4 Å².